The summed E-state index contributed by atoms with van der Waals surface area (Å²) >= 11 is 3.24. The maximum Gasteiger partial charge on any atom is 0.129 e. The zero-order chi connectivity index (χ0) is 8.43. The summed E-state index contributed by atoms with van der Waals surface area (Å²) < 4.78 is 13.7. The van der Waals surface area contributed by atoms with Crippen LogP contribution in [0.15, 0.2) is 16.6 Å². The number of benzene rings is 1. The molecule has 0 spiro atoms. The average Bonchev–Trinajstić information content (AvgIpc) is 1.99. The zero-order valence-electron chi connectivity index (χ0n) is 6.06. The summed E-state index contributed by atoms with van der Waals surface area (Å²) in [4.78, 5) is 0. The van der Waals surface area contributed by atoms with Crippen molar-refractivity contribution < 1.29 is 9.50 Å². The molecule has 0 amide bonds. The highest BCUT2D eigenvalue weighted by atomic mass is 79.9. The topological polar surface area (TPSA) is 20.2 Å². The monoisotopic (exact) mass is 218 g/mol. The molecule has 60 valence electrons. The van der Waals surface area contributed by atoms with E-state index in [0.29, 0.717) is 5.56 Å². The first-order valence-corrected chi connectivity index (χ1v) is 4.00. The fourth-order valence-electron chi connectivity index (χ4n) is 0.889. The Hall–Kier alpha value is -0.410. The largest absolute Gasteiger partial charge is 0.392 e. The van der Waals surface area contributed by atoms with E-state index in [2.05, 4.69) is 15.9 Å². The zero-order valence-corrected chi connectivity index (χ0v) is 7.65. The first-order valence-electron chi connectivity index (χ1n) is 3.21. The Morgan fingerprint density at radius 3 is 2.64 bits per heavy atom. The van der Waals surface area contributed by atoms with Crippen LogP contribution in [0.25, 0.3) is 0 Å². The van der Waals surface area contributed by atoms with E-state index in [4.69, 9.17) is 5.11 Å². The minimum absolute atomic E-state index is 0.253. The van der Waals surface area contributed by atoms with E-state index in [0.717, 1.165) is 10.0 Å². The van der Waals surface area contributed by atoms with Crippen LogP contribution >= 0.6 is 15.9 Å². The van der Waals surface area contributed by atoms with E-state index in [1.807, 2.05) is 0 Å². The molecule has 0 fully saturated rings. The first kappa shape index (κ1) is 8.68. The quantitative estimate of drug-likeness (QED) is 0.768. The third-order valence-electron chi connectivity index (χ3n) is 1.63. The lowest BCUT2D eigenvalue weighted by Crippen LogP contribution is -1.94. The number of aliphatic hydroxyl groups is 1. The molecule has 1 aromatic rings. The van der Waals surface area contributed by atoms with Gasteiger partial charge in [0, 0.05) is 10.0 Å². The van der Waals surface area contributed by atoms with Gasteiger partial charge in [0.2, 0.25) is 0 Å². The molecule has 0 unspecified atom stereocenters. The maximum atomic E-state index is 12.8. The highest BCUT2D eigenvalue weighted by Crippen LogP contribution is 2.21. The van der Waals surface area contributed by atoms with Gasteiger partial charge >= 0.3 is 0 Å². The number of halogens is 2. The lowest BCUT2D eigenvalue weighted by Gasteiger charge is -2.04. The van der Waals surface area contributed by atoms with Crippen molar-refractivity contribution in [3.8, 4) is 0 Å². The molecule has 0 aliphatic carbocycles. The molecule has 0 atom stereocenters. The van der Waals surface area contributed by atoms with Crippen LogP contribution in [0.1, 0.15) is 11.1 Å². The normalized spacial score (nSPS) is 10.2. The summed E-state index contributed by atoms with van der Waals surface area (Å²) in [6, 6.07) is 2.96. The molecule has 0 aromatic heterocycles. The highest BCUT2D eigenvalue weighted by Gasteiger charge is 2.06. The SMILES string of the molecule is Cc1c(Br)ccc(F)c1CO. The summed E-state index contributed by atoms with van der Waals surface area (Å²) in [5.41, 5.74) is 1.12. The molecule has 0 aliphatic heterocycles. The van der Waals surface area contributed by atoms with Gasteiger partial charge in [0.15, 0.2) is 0 Å². The maximum absolute atomic E-state index is 12.8. The van der Waals surface area contributed by atoms with Crippen molar-refractivity contribution in [3.05, 3.63) is 33.5 Å². The van der Waals surface area contributed by atoms with Crippen LogP contribution < -0.4 is 0 Å². The van der Waals surface area contributed by atoms with Crippen molar-refractivity contribution in [1.82, 2.24) is 0 Å². The highest BCUT2D eigenvalue weighted by molar-refractivity contribution is 9.10. The van der Waals surface area contributed by atoms with Crippen molar-refractivity contribution in [2.45, 2.75) is 13.5 Å². The van der Waals surface area contributed by atoms with Crippen LogP contribution in [-0.4, -0.2) is 5.11 Å². The summed E-state index contributed by atoms with van der Waals surface area (Å²) in [5, 5.41) is 8.76. The van der Waals surface area contributed by atoms with Gasteiger partial charge in [-0.1, -0.05) is 15.9 Å². The van der Waals surface area contributed by atoms with Crippen molar-refractivity contribution in [3.63, 3.8) is 0 Å². The fraction of sp³-hybridized carbons (Fsp3) is 0.250. The molecule has 0 radical (unpaired) electrons. The van der Waals surface area contributed by atoms with Crippen LogP contribution in [0.5, 0.6) is 0 Å². The summed E-state index contributed by atoms with van der Waals surface area (Å²) in [5.74, 6) is -0.354. The predicted molar refractivity (Wildman–Crippen MR) is 44.8 cm³/mol. The van der Waals surface area contributed by atoms with Crippen LogP contribution in [0, 0.1) is 12.7 Å². The molecule has 11 heavy (non-hydrogen) atoms. The second-order valence-corrected chi connectivity index (χ2v) is 3.15. The average molecular weight is 219 g/mol. The molecule has 0 saturated heterocycles. The third-order valence-corrected chi connectivity index (χ3v) is 2.49. The van der Waals surface area contributed by atoms with Gasteiger partial charge in [-0.05, 0) is 24.6 Å². The summed E-state index contributed by atoms with van der Waals surface area (Å²) in [6.45, 7) is 1.51. The molecule has 1 aromatic carbocycles. The van der Waals surface area contributed by atoms with E-state index < -0.39 is 0 Å². The smallest absolute Gasteiger partial charge is 0.129 e. The number of aliphatic hydroxyl groups excluding tert-OH is 1. The molecular weight excluding hydrogens is 211 g/mol. The fourth-order valence-corrected chi connectivity index (χ4v) is 1.26. The molecular formula is C8H8BrFO. The van der Waals surface area contributed by atoms with Crippen molar-refractivity contribution in [2.75, 3.05) is 0 Å². The van der Waals surface area contributed by atoms with E-state index in [9.17, 15) is 4.39 Å². The Bertz CT molecular complexity index is 273. The second kappa shape index (κ2) is 3.32. The molecule has 0 heterocycles. The Kier molecular flexibility index (Phi) is 2.62. The lowest BCUT2D eigenvalue weighted by atomic mass is 10.1. The Morgan fingerprint density at radius 1 is 1.55 bits per heavy atom. The standard InChI is InChI=1S/C8H8BrFO/c1-5-6(4-11)8(10)3-2-7(5)9/h2-3,11H,4H2,1H3. The molecule has 3 heteroatoms. The van der Waals surface area contributed by atoms with Gasteiger partial charge in [-0.3, -0.25) is 0 Å². The number of rotatable bonds is 1. The first-order chi connectivity index (χ1) is 5.16. The second-order valence-electron chi connectivity index (χ2n) is 2.29. The van der Waals surface area contributed by atoms with Crippen molar-refractivity contribution >= 4 is 15.9 Å². The van der Waals surface area contributed by atoms with E-state index in [1.54, 1.807) is 13.0 Å². The minimum atomic E-state index is -0.354. The van der Waals surface area contributed by atoms with Gasteiger partial charge in [0.25, 0.3) is 0 Å². The molecule has 1 nitrogen and oxygen atoms in total. The number of hydrogen-bond acceptors (Lipinski definition) is 1. The van der Waals surface area contributed by atoms with E-state index in [1.165, 1.54) is 6.07 Å². The van der Waals surface area contributed by atoms with Gasteiger partial charge in [-0.2, -0.15) is 0 Å². The van der Waals surface area contributed by atoms with Gasteiger partial charge in [0.1, 0.15) is 5.82 Å². The molecule has 0 aliphatic rings. The van der Waals surface area contributed by atoms with Crippen LogP contribution in [0.2, 0.25) is 0 Å². The van der Waals surface area contributed by atoms with Gasteiger partial charge < -0.3 is 5.11 Å². The van der Waals surface area contributed by atoms with Crippen molar-refractivity contribution in [2.24, 2.45) is 0 Å². The van der Waals surface area contributed by atoms with Crippen LogP contribution in [0.4, 0.5) is 4.39 Å². The molecule has 0 bridgehead atoms. The van der Waals surface area contributed by atoms with E-state index in [-0.39, 0.29) is 12.4 Å². The predicted octanol–water partition coefficient (Wildman–Crippen LogP) is 2.39. The molecule has 1 N–H and O–H groups in total. The summed E-state index contributed by atoms with van der Waals surface area (Å²) in [6.07, 6.45) is 0. The molecule has 0 saturated carbocycles. The van der Waals surface area contributed by atoms with Crippen LogP contribution in [-0.2, 0) is 6.61 Å². The van der Waals surface area contributed by atoms with Crippen LogP contribution in [0.3, 0.4) is 0 Å². The summed E-state index contributed by atoms with van der Waals surface area (Å²) in [7, 11) is 0. The Labute approximate surface area is 73.0 Å². The number of hydrogen-bond donors (Lipinski definition) is 1. The third kappa shape index (κ3) is 1.60. The Balaban J connectivity index is 3.29. The van der Waals surface area contributed by atoms with Crippen molar-refractivity contribution in [1.29, 1.82) is 0 Å². The Morgan fingerprint density at radius 2 is 2.18 bits per heavy atom. The van der Waals surface area contributed by atoms with E-state index >= 15 is 0 Å². The molecule has 1 rings (SSSR count). The lowest BCUT2D eigenvalue weighted by molar-refractivity contribution is 0.274. The van der Waals surface area contributed by atoms with Gasteiger partial charge in [0.05, 0.1) is 6.61 Å². The van der Waals surface area contributed by atoms with Gasteiger partial charge in [-0.15, -0.1) is 0 Å². The van der Waals surface area contributed by atoms with Gasteiger partial charge in [-0.25, -0.2) is 4.39 Å². The minimum Gasteiger partial charge on any atom is -0.392 e.